The van der Waals surface area contributed by atoms with E-state index in [0.717, 1.165) is 88.9 Å². The second-order valence-corrected chi connectivity index (χ2v) is 17.5. The minimum Gasteiger partial charge on any atom is -0.309 e. The van der Waals surface area contributed by atoms with Crippen LogP contribution in [0, 0.1) is 0 Å². The number of pyridine rings is 1. The molecule has 9 aromatic carbocycles. The monoisotopic (exact) mass is 881 g/mol. The molecule has 7 nitrogen and oxygen atoms in total. The number of hydrogen-bond donors (Lipinski definition) is 0. The zero-order valence-corrected chi connectivity index (χ0v) is 37.1. The van der Waals surface area contributed by atoms with Crippen molar-refractivity contribution >= 4 is 65.4 Å². The van der Waals surface area contributed by atoms with Gasteiger partial charge in [0.05, 0.1) is 44.5 Å². The molecule has 14 aromatic rings. The van der Waals surface area contributed by atoms with Crippen LogP contribution in [0.15, 0.2) is 237 Å². The van der Waals surface area contributed by atoms with Crippen LogP contribution in [0.4, 0.5) is 0 Å². The van der Waals surface area contributed by atoms with E-state index in [1.807, 2.05) is 60.8 Å². The van der Waals surface area contributed by atoms with Crippen LogP contribution in [0.1, 0.15) is 0 Å². The van der Waals surface area contributed by atoms with Crippen LogP contribution in [0.25, 0.3) is 128 Å². The van der Waals surface area contributed by atoms with Crippen molar-refractivity contribution in [1.82, 2.24) is 33.6 Å². The maximum absolute atomic E-state index is 5.35. The highest BCUT2D eigenvalue weighted by molar-refractivity contribution is 6.14. The van der Waals surface area contributed by atoms with E-state index in [1.54, 1.807) is 0 Å². The molecule has 0 N–H and O–H groups in total. The minimum absolute atomic E-state index is 0.558. The van der Waals surface area contributed by atoms with E-state index in [2.05, 4.69) is 190 Å². The lowest BCUT2D eigenvalue weighted by molar-refractivity contribution is 1.06. The van der Waals surface area contributed by atoms with Gasteiger partial charge in [0.2, 0.25) is 0 Å². The maximum atomic E-state index is 5.35. The second-order valence-electron chi connectivity index (χ2n) is 17.5. The molecule has 14 rings (SSSR count). The first kappa shape index (κ1) is 38.8. The summed E-state index contributed by atoms with van der Waals surface area (Å²) < 4.78 is 7.21. The molecule has 5 aromatic heterocycles. The molecule has 0 spiro atoms. The Labute approximate surface area is 396 Å². The van der Waals surface area contributed by atoms with Gasteiger partial charge >= 0.3 is 0 Å². The summed E-state index contributed by atoms with van der Waals surface area (Å²) in [6.07, 6.45) is 1.84. The third kappa shape index (κ3) is 6.21. The number of benzene rings is 9. The molecule has 0 aliphatic rings. The quantitative estimate of drug-likeness (QED) is 0.160. The van der Waals surface area contributed by atoms with Gasteiger partial charge in [0.1, 0.15) is 0 Å². The number of aromatic nitrogens is 7. The fourth-order valence-corrected chi connectivity index (χ4v) is 10.5. The lowest BCUT2D eigenvalue weighted by atomic mass is 10.0. The van der Waals surface area contributed by atoms with Gasteiger partial charge in [0.15, 0.2) is 17.5 Å². The van der Waals surface area contributed by atoms with Crippen LogP contribution >= 0.6 is 0 Å². The number of rotatable bonds is 7. The molecular formula is C62H39N7. The molecule has 0 fully saturated rings. The van der Waals surface area contributed by atoms with Crippen LogP contribution in [-0.2, 0) is 0 Å². The molecule has 0 saturated carbocycles. The predicted octanol–water partition coefficient (Wildman–Crippen LogP) is 15.2. The Morgan fingerprint density at radius 3 is 1.16 bits per heavy atom. The molecule has 322 valence electrons. The summed E-state index contributed by atoms with van der Waals surface area (Å²) in [5, 5.41) is 7.14. The van der Waals surface area contributed by atoms with Crippen molar-refractivity contribution in [2.24, 2.45) is 0 Å². The molecule has 0 aliphatic heterocycles. The topological polar surface area (TPSA) is 66.3 Å². The Kier molecular flexibility index (Phi) is 8.75. The highest BCUT2D eigenvalue weighted by atomic mass is 15.1. The SMILES string of the molecule is c1ccc(-c2nc(-c3ccccc3)nc(-c3cc(-c4ccccn4)ccc3-n3c4cc(-n5c6ccccc6c6ccccc65)ccc4c4ccc(-n5c6ccccc6c6ccccc65)cc43)n2)cc1. The Morgan fingerprint density at radius 1 is 0.275 bits per heavy atom. The van der Waals surface area contributed by atoms with Crippen molar-refractivity contribution in [3.8, 4) is 62.5 Å². The fourth-order valence-electron chi connectivity index (χ4n) is 10.5. The highest BCUT2D eigenvalue weighted by Crippen LogP contribution is 2.42. The molecular weight excluding hydrogens is 843 g/mol. The first-order chi connectivity index (χ1) is 34.2. The van der Waals surface area contributed by atoms with Gasteiger partial charge in [-0.15, -0.1) is 0 Å². The van der Waals surface area contributed by atoms with Crippen molar-refractivity contribution in [1.29, 1.82) is 0 Å². The normalized spacial score (nSPS) is 11.8. The average molecular weight is 882 g/mol. The minimum atomic E-state index is 0.558. The fraction of sp³-hybridized carbons (Fsp3) is 0. The molecule has 69 heavy (non-hydrogen) atoms. The van der Waals surface area contributed by atoms with Gasteiger partial charge < -0.3 is 13.7 Å². The summed E-state index contributed by atoms with van der Waals surface area (Å²) in [6.45, 7) is 0. The number of hydrogen-bond acceptors (Lipinski definition) is 4. The van der Waals surface area contributed by atoms with E-state index >= 15 is 0 Å². The summed E-state index contributed by atoms with van der Waals surface area (Å²) in [4.78, 5) is 20.6. The summed E-state index contributed by atoms with van der Waals surface area (Å²) >= 11 is 0. The zero-order chi connectivity index (χ0) is 45.4. The highest BCUT2D eigenvalue weighted by Gasteiger charge is 2.23. The van der Waals surface area contributed by atoms with Crippen molar-refractivity contribution in [2.45, 2.75) is 0 Å². The van der Waals surface area contributed by atoms with Gasteiger partial charge in [-0.3, -0.25) is 4.98 Å². The van der Waals surface area contributed by atoms with E-state index in [-0.39, 0.29) is 0 Å². The molecule has 0 aliphatic carbocycles. The van der Waals surface area contributed by atoms with Crippen molar-refractivity contribution in [3.05, 3.63) is 237 Å². The van der Waals surface area contributed by atoms with Gasteiger partial charge in [-0.1, -0.05) is 158 Å². The Morgan fingerprint density at radius 2 is 0.696 bits per heavy atom. The molecule has 0 saturated heterocycles. The van der Waals surface area contributed by atoms with Crippen LogP contribution in [0.2, 0.25) is 0 Å². The summed E-state index contributed by atoms with van der Waals surface area (Å²) in [7, 11) is 0. The molecule has 0 atom stereocenters. The third-order valence-electron chi connectivity index (χ3n) is 13.5. The Balaban J connectivity index is 1.11. The van der Waals surface area contributed by atoms with Gasteiger partial charge in [0.25, 0.3) is 0 Å². The van der Waals surface area contributed by atoms with Gasteiger partial charge in [-0.05, 0) is 72.8 Å². The Bertz CT molecular complexity index is 3970. The maximum Gasteiger partial charge on any atom is 0.166 e. The van der Waals surface area contributed by atoms with E-state index < -0.39 is 0 Å². The van der Waals surface area contributed by atoms with Crippen molar-refractivity contribution in [2.75, 3.05) is 0 Å². The van der Waals surface area contributed by atoms with E-state index in [9.17, 15) is 0 Å². The standard InChI is InChI=1S/C62H39N7/c1-3-17-40(18-4-1)60-64-61(41-19-5-2-6-20-41)66-62(65-60)51-37-42(52-25-15-16-36-63-52)30-35-57(51)69-58-38-43(67-53-26-11-7-21-45(53)46-22-8-12-27-54(46)67)31-33-49(58)50-34-32-44(39-59(50)69)68-55-28-13-9-23-47(55)48-24-10-14-29-56(48)68/h1-39H. The van der Waals surface area contributed by atoms with Crippen LogP contribution in [0.3, 0.4) is 0 Å². The first-order valence-electron chi connectivity index (χ1n) is 23.2. The second kappa shape index (κ2) is 15.6. The van der Waals surface area contributed by atoms with Gasteiger partial charge in [-0.2, -0.15) is 0 Å². The Hall–Kier alpha value is -9.46. The summed E-state index contributed by atoms with van der Waals surface area (Å²) in [6, 6.07) is 81.5. The number of nitrogens with zero attached hydrogens (tertiary/aromatic N) is 7. The van der Waals surface area contributed by atoms with Crippen molar-refractivity contribution < 1.29 is 0 Å². The molecule has 0 unspecified atom stereocenters. The summed E-state index contributed by atoms with van der Waals surface area (Å²) in [5.41, 5.74) is 14.3. The van der Waals surface area contributed by atoms with Gasteiger partial charge in [-0.25, -0.2) is 15.0 Å². The smallest absolute Gasteiger partial charge is 0.166 e. The summed E-state index contributed by atoms with van der Waals surface area (Å²) in [5.74, 6) is 1.75. The lowest BCUT2D eigenvalue weighted by Gasteiger charge is -2.17. The van der Waals surface area contributed by atoms with Crippen LogP contribution in [-0.4, -0.2) is 33.6 Å². The third-order valence-corrected chi connectivity index (χ3v) is 13.5. The van der Waals surface area contributed by atoms with Crippen LogP contribution < -0.4 is 0 Å². The van der Waals surface area contributed by atoms with E-state index in [0.29, 0.717) is 17.5 Å². The molecule has 0 radical (unpaired) electrons. The average Bonchev–Trinajstić information content (AvgIpc) is 4.06. The molecule has 0 amide bonds. The lowest BCUT2D eigenvalue weighted by Crippen LogP contribution is -2.04. The molecule has 5 heterocycles. The van der Waals surface area contributed by atoms with Crippen molar-refractivity contribution in [3.63, 3.8) is 0 Å². The first-order valence-corrected chi connectivity index (χ1v) is 23.2. The van der Waals surface area contributed by atoms with Crippen LogP contribution in [0.5, 0.6) is 0 Å². The number of para-hydroxylation sites is 4. The zero-order valence-electron chi connectivity index (χ0n) is 37.1. The van der Waals surface area contributed by atoms with Gasteiger partial charge in [0, 0.05) is 72.1 Å². The largest absolute Gasteiger partial charge is 0.309 e. The molecule has 7 heteroatoms. The van der Waals surface area contributed by atoms with E-state index in [4.69, 9.17) is 19.9 Å². The predicted molar refractivity (Wildman–Crippen MR) is 282 cm³/mol. The van der Waals surface area contributed by atoms with E-state index in [1.165, 1.54) is 21.5 Å². The molecule has 0 bridgehead atoms. The number of fused-ring (bicyclic) bond motifs is 9.